The van der Waals surface area contributed by atoms with E-state index in [0.717, 1.165) is 6.26 Å². The first kappa shape index (κ1) is 14.4. The van der Waals surface area contributed by atoms with Crippen LogP contribution >= 0.6 is 11.6 Å². The molecule has 0 aliphatic heterocycles. The van der Waals surface area contributed by atoms with Gasteiger partial charge in [-0.05, 0) is 31.7 Å². The van der Waals surface area contributed by atoms with Crippen molar-refractivity contribution in [2.75, 3.05) is 19.1 Å². The number of hydrogen-bond donors (Lipinski definition) is 1. The zero-order valence-corrected chi connectivity index (χ0v) is 11.3. The van der Waals surface area contributed by atoms with Crippen LogP contribution in [0.2, 0.25) is 5.02 Å². The van der Waals surface area contributed by atoms with Crippen LogP contribution in [-0.4, -0.2) is 27.5 Å². The molecule has 0 saturated heterocycles. The molecular weight excluding hydrogens is 265 g/mol. The number of halogens is 2. The van der Waals surface area contributed by atoms with E-state index < -0.39 is 9.84 Å². The monoisotopic (exact) mass is 279 g/mol. The van der Waals surface area contributed by atoms with Gasteiger partial charge in [-0.15, -0.1) is 0 Å². The van der Waals surface area contributed by atoms with Crippen LogP contribution in [0.4, 0.5) is 4.39 Å². The molecule has 1 aromatic carbocycles. The standard InChI is InChI=1S/C11H15ClFNO2S/c1-14-11(5-6-17(2,15)16)9-7-8(12)3-4-10(9)13/h3-4,7,11,14H,5-6H2,1-2H3. The number of sulfone groups is 1. The SMILES string of the molecule is CNC(CCS(C)(=O)=O)c1cc(Cl)ccc1F. The molecule has 0 spiro atoms. The second-order valence-electron chi connectivity index (χ2n) is 3.93. The van der Waals surface area contributed by atoms with Crippen molar-refractivity contribution >= 4 is 21.4 Å². The highest BCUT2D eigenvalue weighted by atomic mass is 35.5. The average molecular weight is 280 g/mol. The first-order valence-electron chi connectivity index (χ1n) is 5.13. The van der Waals surface area contributed by atoms with E-state index in [0.29, 0.717) is 17.0 Å². The lowest BCUT2D eigenvalue weighted by Crippen LogP contribution is -2.21. The van der Waals surface area contributed by atoms with Crippen molar-refractivity contribution in [3.8, 4) is 0 Å². The second kappa shape index (κ2) is 5.80. The second-order valence-corrected chi connectivity index (χ2v) is 6.62. The molecule has 1 unspecified atom stereocenters. The smallest absolute Gasteiger partial charge is 0.147 e. The molecule has 0 heterocycles. The molecule has 0 amide bonds. The number of nitrogens with one attached hydrogen (secondary N) is 1. The van der Waals surface area contributed by atoms with Crippen molar-refractivity contribution in [3.05, 3.63) is 34.6 Å². The third kappa shape index (κ3) is 4.61. The molecule has 1 N–H and O–H groups in total. The summed E-state index contributed by atoms with van der Waals surface area (Å²) in [5, 5.41) is 3.33. The maximum Gasteiger partial charge on any atom is 0.147 e. The fraction of sp³-hybridized carbons (Fsp3) is 0.455. The predicted octanol–water partition coefficient (Wildman–Crippen LogP) is 2.17. The van der Waals surface area contributed by atoms with Gasteiger partial charge in [0.15, 0.2) is 0 Å². The van der Waals surface area contributed by atoms with E-state index in [1.165, 1.54) is 18.2 Å². The van der Waals surface area contributed by atoms with Crippen molar-refractivity contribution in [2.24, 2.45) is 0 Å². The highest BCUT2D eigenvalue weighted by molar-refractivity contribution is 7.90. The number of rotatable bonds is 5. The molecule has 3 nitrogen and oxygen atoms in total. The lowest BCUT2D eigenvalue weighted by molar-refractivity contribution is 0.520. The third-order valence-corrected chi connectivity index (χ3v) is 3.67. The normalized spacial score (nSPS) is 13.6. The van der Waals surface area contributed by atoms with Crippen molar-refractivity contribution in [1.82, 2.24) is 5.32 Å². The Labute approximate surface area is 106 Å². The molecule has 0 saturated carbocycles. The summed E-state index contributed by atoms with van der Waals surface area (Å²) in [6.45, 7) is 0. The van der Waals surface area contributed by atoms with Gasteiger partial charge in [-0.25, -0.2) is 12.8 Å². The summed E-state index contributed by atoms with van der Waals surface area (Å²) in [4.78, 5) is 0. The largest absolute Gasteiger partial charge is 0.313 e. The molecule has 0 aliphatic carbocycles. The van der Waals surface area contributed by atoms with Gasteiger partial charge in [-0.3, -0.25) is 0 Å². The number of benzene rings is 1. The Hall–Kier alpha value is -0.650. The van der Waals surface area contributed by atoms with Crippen LogP contribution in [0.5, 0.6) is 0 Å². The Morgan fingerprint density at radius 1 is 1.47 bits per heavy atom. The summed E-state index contributed by atoms with van der Waals surface area (Å²) in [6, 6.07) is 3.90. The minimum absolute atomic E-state index is 0.00442. The Bertz CT molecular complexity index is 490. The lowest BCUT2D eigenvalue weighted by atomic mass is 10.0. The molecule has 0 bridgehead atoms. The molecule has 1 atom stereocenters. The fourth-order valence-electron chi connectivity index (χ4n) is 1.57. The third-order valence-electron chi connectivity index (χ3n) is 2.46. The molecule has 0 radical (unpaired) electrons. The van der Waals surface area contributed by atoms with Crippen molar-refractivity contribution in [3.63, 3.8) is 0 Å². The van der Waals surface area contributed by atoms with Crippen LogP contribution in [0.25, 0.3) is 0 Å². The molecule has 0 fully saturated rings. The lowest BCUT2D eigenvalue weighted by Gasteiger charge is -2.17. The van der Waals surface area contributed by atoms with E-state index in [1.807, 2.05) is 0 Å². The minimum Gasteiger partial charge on any atom is -0.313 e. The fourth-order valence-corrected chi connectivity index (χ4v) is 2.41. The molecule has 1 aromatic rings. The van der Waals surface area contributed by atoms with E-state index in [4.69, 9.17) is 11.6 Å². The van der Waals surface area contributed by atoms with E-state index in [1.54, 1.807) is 7.05 Å². The van der Waals surface area contributed by atoms with E-state index >= 15 is 0 Å². The van der Waals surface area contributed by atoms with Gasteiger partial charge in [0.05, 0.1) is 5.75 Å². The molecule has 96 valence electrons. The minimum atomic E-state index is -3.06. The predicted molar refractivity (Wildman–Crippen MR) is 67.5 cm³/mol. The Morgan fingerprint density at radius 3 is 2.65 bits per heavy atom. The van der Waals surface area contributed by atoms with Gasteiger partial charge < -0.3 is 5.32 Å². The van der Waals surface area contributed by atoms with Crippen LogP contribution in [-0.2, 0) is 9.84 Å². The zero-order chi connectivity index (χ0) is 13.1. The summed E-state index contributed by atoms with van der Waals surface area (Å²) in [7, 11) is -1.40. The summed E-state index contributed by atoms with van der Waals surface area (Å²) in [5.74, 6) is -0.382. The molecule has 6 heteroatoms. The van der Waals surface area contributed by atoms with Crippen molar-refractivity contribution in [2.45, 2.75) is 12.5 Å². The summed E-state index contributed by atoms with van der Waals surface area (Å²) in [6.07, 6.45) is 1.47. The van der Waals surface area contributed by atoms with E-state index in [9.17, 15) is 12.8 Å². The number of hydrogen-bond acceptors (Lipinski definition) is 3. The van der Waals surface area contributed by atoms with Gasteiger partial charge in [-0.1, -0.05) is 11.6 Å². The average Bonchev–Trinajstić information content (AvgIpc) is 2.22. The van der Waals surface area contributed by atoms with Crippen LogP contribution in [0, 0.1) is 5.82 Å². The van der Waals surface area contributed by atoms with Gasteiger partial charge >= 0.3 is 0 Å². The van der Waals surface area contributed by atoms with E-state index in [2.05, 4.69) is 5.32 Å². The molecule has 17 heavy (non-hydrogen) atoms. The van der Waals surface area contributed by atoms with Gasteiger partial charge in [0, 0.05) is 22.9 Å². The van der Waals surface area contributed by atoms with Gasteiger partial charge in [-0.2, -0.15) is 0 Å². The van der Waals surface area contributed by atoms with Crippen LogP contribution in [0.1, 0.15) is 18.0 Å². The highest BCUT2D eigenvalue weighted by Crippen LogP contribution is 2.23. The Balaban J connectivity index is 2.90. The maximum absolute atomic E-state index is 13.6. The van der Waals surface area contributed by atoms with E-state index in [-0.39, 0.29) is 17.6 Å². The van der Waals surface area contributed by atoms with Gasteiger partial charge in [0.1, 0.15) is 15.7 Å². The van der Waals surface area contributed by atoms with Crippen LogP contribution in [0.3, 0.4) is 0 Å². The Morgan fingerprint density at radius 2 is 2.12 bits per heavy atom. The molecule has 0 aliphatic rings. The summed E-state index contributed by atoms with van der Waals surface area (Å²) >= 11 is 5.80. The van der Waals surface area contributed by atoms with Gasteiger partial charge in [0.2, 0.25) is 0 Å². The summed E-state index contributed by atoms with van der Waals surface area (Å²) < 4.78 is 35.8. The van der Waals surface area contributed by atoms with Gasteiger partial charge in [0.25, 0.3) is 0 Å². The molecular formula is C11H15ClFNO2S. The Kier molecular flexibility index (Phi) is 4.91. The molecule has 1 rings (SSSR count). The van der Waals surface area contributed by atoms with Crippen molar-refractivity contribution < 1.29 is 12.8 Å². The zero-order valence-electron chi connectivity index (χ0n) is 9.70. The highest BCUT2D eigenvalue weighted by Gasteiger charge is 2.16. The van der Waals surface area contributed by atoms with Crippen molar-refractivity contribution in [1.29, 1.82) is 0 Å². The summed E-state index contributed by atoms with van der Waals surface area (Å²) in [5.41, 5.74) is 0.392. The first-order chi connectivity index (χ1) is 7.83. The van der Waals surface area contributed by atoms with Crippen LogP contribution < -0.4 is 5.32 Å². The first-order valence-corrected chi connectivity index (χ1v) is 7.57. The quantitative estimate of drug-likeness (QED) is 0.899. The van der Waals surface area contributed by atoms with Crippen LogP contribution in [0.15, 0.2) is 18.2 Å². The molecule has 0 aromatic heterocycles. The topological polar surface area (TPSA) is 46.2 Å². The maximum atomic E-state index is 13.6.